The molecule has 0 spiro atoms. The van der Waals surface area contributed by atoms with Crippen molar-refractivity contribution in [1.29, 1.82) is 0 Å². The molecule has 0 saturated carbocycles. The lowest BCUT2D eigenvalue weighted by Gasteiger charge is -2.16. The fraction of sp³-hybridized carbons (Fsp3) is 0.333. The molecule has 2 N–H and O–H groups in total. The van der Waals surface area contributed by atoms with Crippen LogP contribution in [0.4, 0.5) is 5.69 Å². The van der Waals surface area contributed by atoms with Crippen LogP contribution < -0.4 is 3.53 Å². The lowest BCUT2D eigenvalue weighted by atomic mass is 10.1. The number of carbonyl (C=O) groups excluding carboxylic acids is 1. The van der Waals surface area contributed by atoms with Gasteiger partial charge in [0.2, 0.25) is 0 Å². The van der Waals surface area contributed by atoms with E-state index in [1.807, 2.05) is 28.9 Å². The van der Waals surface area contributed by atoms with E-state index >= 15 is 0 Å². The Balaban J connectivity index is 2.43. The molecule has 0 saturated heterocycles. The minimum atomic E-state index is -0.172. The number of carbonyl (C=O) groups is 1. The molecule has 2 aromatic rings. The smallest absolute Gasteiger partial charge is 0.253 e. The van der Waals surface area contributed by atoms with E-state index in [0.717, 1.165) is 11.3 Å². The molecule has 0 atom stereocenters. The van der Waals surface area contributed by atoms with Crippen LogP contribution in [-0.2, 0) is 7.05 Å². The van der Waals surface area contributed by atoms with Crippen LogP contribution >= 0.6 is 22.9 Å². The number of hydrogen-bond acceptors (Lipinski definition) is 6. The monoisotopic (exact) mass is 402 g/mol. The molecule has 0 bridgehead atoms. The minimum absolute atomic E-state index is 0.0769. The average molecular weight is 402 g/mol. The standard InChI is InChI=1S/C12H15IN6O2/c1-18(3-4-20)12(21)9-5-8(6-10(7-9)14-13)11-15-16-17-19(11)2/h5-7,14,20H,3-4H2,1-2H3. The quantitative estimate of drug-likeness (QED) is 0.565. The molecule has 0 unspecified atom stereocenters. The highest BCUT2D eigenvalue weighted by Gasteiger charge is 2.15. The molecule has 0 aliphatic carbocycles. The maximum atomic E-state index is 12.3. The molecule has 112 valence electrons. The van der Waals surface area contributed by atoms with Crippen molar-refractivity contribution in [1.82, 2.24) is 25.1 Å². The van der Waals surface area contributed by atoms with Gasteiger partial charge in [0.1, 0.15) is 0 Å². The Labute approximate surface area is 135 Å². The van der Waals surface area contributed by atoms with Gasteiger partial charge in [0, 0.05) is 37.5 Å². The van der Waals surface area contributed by atoms with Crippen LogP contribution in [0.3, 0.4) is 0 Å². The number of amides is 1. The summed E-state index contributed by atoms with van der Waals surface area (Å²) in [5, 5.41) is 20.3. The van der Waals surface area contributed by atoms with E-state index in [1.165, 1.54) is 9.58 Å². The molecule has 1 amide bonds. The van der Waals surface area contributed by atoms with Gasteiger partial charge in [-0.3, -0.25) is 4.79 Å². The number of aromatic nitrogens is 4. The number of nitrogens with one attached hydrogen (secondary N) is 1. The van der Waals surface area contributed by atoms with E-state index in [4.69, 9.17) is 5.11 Å². The van der Waals surface area contributed by atoms with Crippen molar-refractivity contribution in [2.24, 2.45) is 7.05 Å². The first-order chi connectivity index (χ1) is 10.1. The highest BCUT2D eigenvalue weighted by atomic mass is 127. The highest BCUT2D eigenvalue weighted by Crippen LogP contribution is 2.24. The molecule has 0 radical (unpaired) electrons. The summed E-state index contributed by atoms with van der Waals surface area (Å²) in [6, 6.07) is 5.34. The first-order valence-corrected chi connectivity index (χ1v) is 7.25. The Morgan fingerprint density at radius 1 is 1.48 bits per heavy atom. The summed E-state index contributed by atoms with van der Waals surface area (Å²) in [5.41, 5.74) is 2.02. The molecule has 21 heavy (non-hydrogen) atoms. The number of rotatable bonds is 5. The van der Waals surface area contributed by atoms with Crippen molar-refractivity contribution in [2.75, 3.05) is 23.7 Å². The van der Waals surface area contributed by atoms with Gasteiger partial charge in [-0.15, -0.1) is 5.10 Å². The van der Waals surface area contributed by atoms with E-state index < -0.39 is 0 Å². The lowest BCUT2D eigenvalue weighted by molar-refractivity contribution is 0.0767. The first kappa shape index (κ1) is 15.6. The number of aryl methyl sites for hydroxylation is 1. The lowest BCUT2D eigenvalue weighted by Crippen LogP contribution is -2.29. The van der Waals surface area contributed by atoms with Crippen LogP contribution in [0.5, 0.6) is 0 Å². The van der Waals surface area contributed by atoms with E-state index in [1.54, 1.807) is 26.2 Å². The first-order valence-electron chi connectivity index (χ1n) is 6.17. The third kappa shape index (κ3) is 3.47. The second-order valence-corrected chi connectivity index (χ2v) is 5.01. The molecule has 0 aliphatic rings. The Morgan fingerprint density at radius 2 is 2.24 bits per heavy atom. The van der Waals surface area contributed by atoms with Gasteiger partial charge in [0.15, 0.2) is 5.82 Å². The summed E-state index contributed by atoms with van der Waals surface area (Å²) in [6.45, 7) is 0.202. The molecule has 1 aromatic heterocycles. The Morgan fingerprint density at radius 3 is 2.81 bits per heavy atom. The van der Waals surface area contributed by atoms with Crippen molar-refractivity contribution in [3.63, 3.8) is 0 Å². The van der Waals surface area contributed by atoms with Crippen molar-refractivity contribution in [3.8, 4) is 11.4 Å². The zero-order chi connectivity index (χ0) is 15.4. The number of aliphatic hydroxyl groups excluding tert-OH is 1. The number of nitrogens with zero attached hydrogens (tertiary/aromatic N) is 5. The topological polar surface area (TPSA) is 96.2 Å². The van der Waals surface area contributed by atoms with Crippen LogP contribution in [0.15, 0.2) is 18.2 Å². The second-order valence-electron chi connectivity index (χ2n) is 4.47. The van der Waals surface area contributed by atoms with E-state index in [2.05, 4.69) is 19.1 Å². The molecular weight excluding hydrogens is 387 g/mol. The normalized spacial score (nSPS) is 10.5. The molecule has 0 fully saturated rings. The number of benzene rings is 1. The summed E-state index contributed by atoms with van der Waals surface area (Å²) < 4.78 is 4.53. The maximum Gasteiger partial charge on any atom is 0.253 e. The highest BCUT2D eigenvalue weighted by molar-refractivity contribution is 14.1. The van der Waals surface area contributed by atoms with Crippen LogP contribution in [0.25, 0.3) is 11.4 Å². The average Bonchev–Trinajstić information content (AvgIpc) is 2.92. The Hall–Kier alpha value is -1.75. The van der Waals surface area contributed by atoms with Crippen LogP contribution in [0.2, 0.25) is 0 Å². The zero-order valence-electron chi connectivity index (χ0n) is 11.6. The molecule has 8 nitrogen and oxygen atoms in total. The largest absolute Gasteiger partial charge is 0.395 e. The third-order valence-corrected chi connectivity index (χ3v) is 3.57. The number of likely N-dealkylation sites (N-methyl/N-ethyl adjacent to an activating group) is 1. The Bertz CT molecular complexity index is 644. The van der Waals surface area contributed by atoms with Crippen LogP contribution in [0.1, 0.15) is 10.4 Å². The number of halogens is 1. The summed E-state index contributed by atoms with van der Waals surface area (Å²) in [5.74, 6) is 0.399. The summed E-state index contributed by atoms with van der Waals surface area (Å²) >= 11 is 2.00. The van der Waals surface area contributed by atoms with Gasteiger partial charge in [-0.25, -0.2) is 4.68 Å². The zero-order valence-corrected chi connectivity index (χ0v) is 13.8. The molecule has 1 aromatic carbocycles. The minimum Gasteiger partial charge on any atom is -0.395 e. The van der Waals surface area contributed by atoms with Gasteiger partial charge >= 0.3 is 0 Å². The summed E-state index contributed by atoms with van der Waals surface area (Å²) in [7, 11) is 3.38. The van der Waals surface area contributed by atoms with E-state index in [9.17, 15) is 4.79 Å². The van der Waals surface area contributed by atoms with E-state index in [0.29, 0.717) is 11.4 Å². The van der Waals surface area contributed by atoms with Crippen LogP contribution in [0, 0.1) is 0 Å². The van der Waals surface area contributed by atoms with E-state index in [-0.39, 0.29) is 19.1 Å². The predicted molar refractivity (Wildman–Crippen MR) is 85.9 cm³/mol. The SMILES string of the molecule is CN(CCO)C(=O)c1cc(NI)cc(-c2nnnn2C)c1. The van der Waals surface area contributed by atoms with Crippen molar-refractivity contribution in [3.05, 3.63) is 23.8 Å². The second kappa shape index (κ2) is 6.80. The van der Waals surface area contributed by atoms with Gasteiger partial charge < -0.3 is 13.5 Å². The molecule has 0 aliphatic heterocycles. The van der Waals surface area contributed by atoms with Gasteiger partial charge in [0.05, 0.1) is 29.5 Å². The van der Waals surface area contributed by atoms with Crippen molar-refractivity contribution in [2.45, 2.75) is 0 Å². The van der Waals surface area contributed by atoms with Gasteiger partial charge in [-0.1, -0.05) is 0 Å². The third-order valence-electron chi connectivity index (χ3n) is 2.95. The number of hydrogen-bond donors (Lipinski definition) is 2. The fourth-order valence-electron chi connectivity index (χ4n) is 1.88. The molecular formula is C12H15IN6O2. The summed E-state index contributed by atoms with van der Waals surface area (Å²) in [6.07, 6.45) is 0. The Kier molecular flexibility index (Phi) is 5.07. The number of aliphatic hydroxyl groups is 1. The van der Waals surface area contributed by atoms with Crippen LogP contribution in [-0.4, -0.2) is 56.3 Å². The molecule has 9 heteroatoms. The van der Waals surface area contributed by atoms with Crippen molar-refractivity contribution >= 4 is 34.5 Å². The number of tetrazole rings is 1. The summed E-state index contributed by atoms with van der Waals surface area (Å²) in [4.78, 5) is 13.8. The van der Waals surface area contributed by atoms with Gasteiger partial charge in [-0.2, -0.15) is 0 Å². The maximum absolute atomic E-state index is 12.3. The van der Waals surface area contributed by atoms with Gasteiger partial charge in [0.25, 0.3) is 5.91 Å². The predicted octanol–water partition coefficient (Wildman–Crippen LogP) is 0.703. The van der Waals surface area contributed by atoms with Gasteiger partial charge in [-0.05, 0) is 28.6 Å². The fourth-order valence-corrected chi connectivity index (χ4v) is 2.19. The number of anilines is 1. The van der Waals surface area contributed by atoms with Crippen molar-refractivity contribution < 1.29 is 9.90 Å². The molecule has 2 rings (SSSR count). The molecule has 1 heterocycles.